The second-order valence-electron chi connectivity index (χ2n) is 9.21. The van der Waals surface area contributed by atoms with Crippen LogP contribution in [0, 0.1) is 5.92 Å². The summed E-state index contributed by atoms with van der Waals surface area (Å²) in [6.07, 6.45) is 1.55. The Bertz CT molecular complexity index is 1170. The number of anilines is 2. The van der Waals surface area contributed by atoms with Gasteiger partial charge in [-0.2, -0.15) is 0 Å². The van der Waals surface area contributed by atoms with Gasteiger partial charge in [0.25, 0.3) is 0 Å². The van der Waals surface area contributed by atoms with Crippen LogP contribution in [0.2, 0.25) is 0 Å². The molecule has 2 aliphatic heterocycles. The maximum absolute atomic E-state index is 13.5. The maximum atomic E-state index is 13.5. The number of carbonyl (C=O) groups is 1. The molecule has 35 heavy (non-hydrogen) atoms. The number of piperazine rings is 1. The summed E-state index contributed by atoms with van der Waals surface area (Å²) in [7, 11) is 3.41. The van der Waals surface area contributed by atoms with Crippen LogP contribution in [0.3, 0.4) is 0 Å². The first-order valence-corrected chi connectivity index (χ1v) is 12.3. The molecular formula is C29H33N3O3. The van der Waals surface area contributed by atoms with Gasteiger partial charge in [0.15, 0.2) is 0 Å². The van der Waals surface area contributed by atoms with E-state index in [4.69, 9.17) is 9.47 Å². The Kier molecular flexibility index (Phi) is 6.80. The lowest BCUT2D eigenvalue weighted by Gasteiger charge is -2.49. The minimum atomic E-state index is -0.135. The van der Waals surface area contributed by atoms with Crippen LogP contribution in [0.5, 0.6) is 11.5 Å². The van der Waals surface area contributed by atoms with Gasteiger partial charge < -0.3 is 24.6 Å². The van der Waals surface area contributed by atoms with Crippen molar-refractivity contribution in [1.29, 1.82) is 0 Å². The van der Waals surface area contributed by atoms with Gasteiger partial charge in [0, 0.05) is 37.9 Å². The second kappa shape index (κ2) is 10.3. The van der Waals surface area contributed by atoms with Crippen LogP contribution in [0.4, 0.5) is 11.4 Å². The number of amides is 1. The Labute approximate surface area is 207 Å². The molecule has 0 aromatic heterocycles. The number of ether oxygens (including phenoxy) is 2. The van der Waals surface area contributed by atoms with Gasteiger partial charge in [-0.15, -0.1) is 0 Å². The van der Waals surface area contributed by atoms with Crippen LogP contribution in [-0.2, 0) is 17.6 Å². The van der Waals surface area contributed by atoms with Crippen LogP contribution < -0.4 is 24.6 Å². The number of para-hydroxylation sites is 2. The predicted molar refractivity (Wildman–Crippen MR) is 140 cm³/mol. The Hall–Kier alpha value is -3.67. The fourth-order valence-corrected chi connectivity index (χ4v) is 5.42. The van der Waals surface area contributed by atoms with E-state index in [0.717, 1.165) is 49.7 Å². The molecule has 0 unspecified atom stereocenters. The predicted octanol–water partition coefficient (Wildman–Crippen LogP) is 3.93. The van der Waals surface area contributed by atoms with Crippen molar-refractivity contribution < 1.29 is 14.3 Å². The number of nitrogens with one attached hydrogen (secondary N) is 1. The molecule has 0 spiro atoms. The van der Waals surface area contributed by atoms with Gasteiger partial charge in [0.2, 0.25) is 5.91 Å². The van der Waals surface area contributed by atoms with E-state index in [2.05, 4.69) is 45.4 Å². The number of nitrogens with zero attached hydrogens (tertiary/aromatic N) is 2. The van der Waals surface area contributed by atoms with Crippen molar-refractivity contribution >= 4 is 17.3 Å². The van der Waals surface area contributed by atoms with Crippen molar-refractivity contribution in [3.05, 3.63) is 83.9 Å². The summed E-state index contributed by atoms with van der Waals surface area (Å²) >= 11 is 0. The molecule has 2 aliphatic rings. The van der Waals surface area contributed by atoms with E-state index in [1.807, 2.05) is 42.5 Å². The molecule has 1 N–H and O–H groups in total. The Morgan fingerprint density at radius 2 is 1.74 bits per heavy atom. The zero-order valence-corrected chi connectivity index (χ0v) is 20.4. The molecule has 2 heterocycles. The van der Waals surface area contributed by atoms with E-state index in [1.165, 1.54) is 16.8 Å². The summed E-state index contributed by atoms with van der Waals surface area (Å²) in [5.74, 6) is 1.70. The highest BCUT2D eigenvalue weighted by Crippen LogP contribution is 2.40. The summed E-state index contributed by atoms with van der Waals surface area (Å²) < 4.78 is 11.2. The number of carbonyl (C=O) groups excluding carboxylic acids is 1. The van der Waals surface area contributed by atoms with E-state index in [1.54, 1.807) is 14.2 Å². The van der Waals surface area contributed by atoms with Crippen LogP contribution >= 0.6 is 0 Å². The molecule has 3 aromatic rings. The lowest BCUT2D eigenvalue weighted by Crippen LogP contribution is -2.61. The Morgan fingerprint density at radius 3 is 2.54 bits per heavy atom. The summed E-state index contributed by atoms with van der Waals surface area (Å²) in [6.45, 7) is 3.08. The first kappa shape index (κ1) is 23.1. The highest BCUT2D eigenvalue weighted by atomic mass is 16.5. The zero-order valence-electron chi connectivity index (χ0n) is 20.4. The number of hydrogen-bond donors (Lipinski definition) is 1. The second-order valence-corrected chi connectivity index (χ2v) is 9.21. The van der Waals surface area contributed by atoms with Crippen molar-refractivity contribution in [2.45, 2.75) is 18.9 Å². The van der Waals surface area contributed by atoms with Crippen LogP contribution in [0.25, 0.3) is 0 Å². The summed E-state index contributed by atoms with van der Waals surface area (Å²) in [4.78, 5) is 18.3. The summed E-state index contributed by atoms with van der Waals surface area (Å²) in [5, 5.41) is 3.23. The van der Waals surface area contributed by atoms with E-state index in [-0.39, 0.29) is 17.9 Å². The van der Waals surface area contributed by atoms with Crippen LogP contribution in [-0.4, -0.2) is 52.3 Å². The van der Waals surface area contributed by atoms with Crippen LogP contribution in [0.15, 0.2) is 72.8 Å². The van der Waals surface area contributed by atoms with Gasteiger partial charge in [0.05, 0.1) is 31.9 Å². The molecule has 3 aromatic carbocycles. The molecule has 0 saturated carbocycles. The van der Waals surface area contributed by atoms with Gasteiger partial charge in [-0.25, -0.2) is 0 Å². The molecule has 0 bridgehead atoms. The van der Waals surface area contributed by atoms with Gasteiger partial charge in [-0.1, -0.05) is 48.5 Å². The number of methoxy groups -OCH3 is 2. The lowest BCUT2D eigenvalue weighted by atomic mass is 9.83. The summed E-state index contributed by atoms with van der Waals surface area (Å²) in [5.41, 5.74) is 4.70. The third-order valence-electron chi connectivity index (χ3n) is 7.24. The van der Waals surface area contributed by atoms with E-state index in [0.29, 0.717) is 6.54 Å². The average molecular weight is 472 g/mol. The normalized spacial score (nSPS) is 18.9. The smallest absolute Gasteiger partial charge is 0.225 e. The standard InChI is InChI=1S/C29H33N3O3/c1-34-23-13-12-22-18-24(29(33)30-15-14-21-8-4-3-5-9-21)27-20-31(16-17-32(27)26(22)19-23)25-10-6-7-11-28(25)35-2/h3-13,19,24,27H,14-18,20H2,1-2H3,(H,30,33)/t24-,27+/m0/s1. The molecule has 5 rings (SSSR count). The molecule has 6 heteroatoms. The van der Waals surface area contributed by atoms with Crippen molar-refractivity contribution in [2.24, 2.45) is 5.92 Å². The van der Waals surface area contributed by atoms with Gasteiger partial charge >= 0.3 is 0 Å². The third-order valence-corrected chi connectivity index (χ3v) is 7.24. The van der Waals surface area contributed by atoms with Gasteiger partial charge in [-0.3, -0.25) is 4.79 Å². The van der Waals surface area contributed by atoms with E-state index >= 15 is 0 Å². The SMILES string of the molecule is COc1ccc2c(c1)N1CCN(c3ccccc3OC)C[C@@H]1[C@@H](C(=O)NCCc1ccccc1)C2. The highest BCUT2D eigenvalue weighted by Gasteiger charge is 2.42. The average Bonchev–Trinajstić information content (AvgIpc) is 2.92. The highest BCUT2D eigenvalue weighted by molar-refractivity contribution is 5.82. The molecule has 1 fully saturated rings. The fourth-order valence-electron chi connectivity index (χ4n) is 5.42. The summed E-state index contributed by atoms with van der Waals surface area (Å²) in [6, 6.07) is 24.7. The molecule has 1 amide bonds. The first-order chi connectivity index (χ1) is 17.2. The minimum Gasteiger partial charge on any atom is -0.497 e. The largest absolute Gasteiger partial charge is 0.497 e. The third kappa shape index (κ3) is 4.78. The Morgan fingerprint density at radius 1 is 0.943 bits per heavy atom. The van der Waals surface area contributed by atoms with E-state index < -0.39 is 0 Å². The monoisotopic (exact) mass is 471 g/mol. The minimum absolute atomic E-state index is 0.0602. The number of fused-ring (bicyclic) bond motifs is 3. The number of rotatable bonds is 7. The molecule has 2 atom stereocenters. The number of benzene rings is 3. The first-order valence-electron chi connectivity index (χ1n) is 12.3. The maximum Gasteiger partial charge on any atom is 0.225 e. The molecule has 0 aliphatic carbocycles. The topological polar surface area (TPSA) is 54.0 Å². The van der Waals surface area contributed by atoms with Crippen molar-refractivity contribution in [1.82, 2.24) is 5.32 Å². The molecular weight excluding hydrogens is 438 g/mol. The molecule has 182 valence electrons. The fraction of sp³-hybridized carbons (Fsp3) is 0.345. The van der Waals surface area contributed by atoms with Crippen molar-refractivity contribution in [3.8, 4) is 11.5 Å². The number of hydrogen-bond acceptors (Lipinski definition) is 5. The molecule has 0 radical (unpaired) electrons. The lowest BCUT2D eigenvalue weighted by molar-refractivity contribution is -0.125. The zero-order chi connectivity index (χ0) is 24.2. The molecule has 1 saturated heterocycles. The Balaban J connectivity index is 1.39. The quantitative estimate of drug-likeness (QED) is 0.566. The molecule has 6 nitrogen and oxygen atoms in total. The van der Waals surface area contributed by atoms with Crippen molar-refractivity contribution in [2.75, 3.05) is 50.2 Å². The van der Waals surface area contributed by atoms with Gasteiger partial charge in [0.1, 0.15) is 11.5 Å². The van der Waals surface area contributed by atoms with E-state index in [9.17, 15) is 4.79 Å². The van der Waals surface area contributed by atoms with Crippen LogP contribution in [0.1, 0.15) is 11.1 Å². The van der Waals surface area contributed by atoms with Crippen molar-refractivity contribution in [3.63, 3.8) is 0 Å². The van der Waals surface area contributed by atoms with Gasteiger partial charge in [-0.05, 0) is 42.2 Å².